The van der Waals surface area contributed by atoms with Crippen molar-refractivity contribution in [2.24, 2.45) is 0 Å². The van der Waals surface area contributed by atoms with E-state index < -0.39 is 16.1 Å². The third kappa shape index (κ3) is 4.60. The Labute approximate surface area is 186 Å². The quantitative estimate of drug-likeness (QED) is 0.602. The third-order valence-corrected chi connectivity index (χ3v) is 6.67. The normalized spacial score (nSPS) is 16.1. The molecule has 0 saturated heterocycles. The zero-order valence-electron chi connectivity index (χ0n) is 17.5. The van der Waals surface area contributed by atoms with Gasteiger partial charge in [-0.25, -0.2) is 12.8 Å². The number of hydrogen-bond acceptors (Lipinski definition) is 4. The fourth-order valence-electron chi connectivity index (χ4n) is 3.61. The van der Waals surface area contributed by atoms with E-state index in [1.165, 1.54) is 23.1 Å². The molecule has 3 aromatic rings. The number of benzene rings is 3. The second kappa shape index (κ2) is 9.00. The molecule has 4 rings (SSSR count). The average Bonchev–Trinajstić information content (AvgIpc) is 2.92. The maximum absolute atomic E-state index is 14.2. The number of halogens is 1. The van der Waals surface area contributed by atoms with Crippen molar-refractivity contribution in [3.8, 4) is 5.75 Å². The van der Waals surface area contributed by atoms with Gasteiger partial charge in [0.15, 0.2) is 6.10 Å². The number of carbonyl (C=O) groups excluding carboxylic acids is 1. The third-order valence-electron chi connectivity index (χ3n) is 5.27. The molecule has 3 aromatic carbocycles. The van der Waals surface area contributed by atoms with Crippen LogP contribution in [0.25, 0.3) is 0 Å². The van der Waals surface area contributed by atoms with Crippen LogP contribution in [-0.4, -0.2) is 25.3 Å². The first kappa shape index (κ1) is 21.8. The maximum Gasteiger partial charge on any atom is 0.264 e. The van der Waals surface area contributed by atoms with Crippen molar-refractivity contribution in [1.82, 2.24) is 4.90 Å². The van der Waals surface area contributed by atoms with Crippen LogP contribution in [0.1, 0.15) is 24.5 Å². The van der Waals surface area contributed by atoms with Gasteiger partial charge in [0.1, 0.15) is 11.6 Å². The molecule has 166 valence electrons. The lowest BCUT2D eigenvalue weighted by Crippen LogP contribution is -2.39. The van der Waals surface area contributed by atoms with Crippen molar-refractivity contribution in [2.45, 2.75) is 37.4 Å². The predicted octanol–water partition coefficient (Wildman–Crippen LogP) is 4.33. The Hall–Kier alpha value is -3.39. The van der Waals surface area contributed by atoms with E-state index in [9.17, 15) is 17.6 Å². The van der Waals surface area contributed by atoms with Crippen molar-refractivity contribution in [2.75, 3.05) is 4.72 Å². The van der Waals surface area contributed by atoms with Gasteiger partial charge >= 0.3 is 0 Å². The second-order valence-electron chi connectivity index (χ2n) is 7.54. The van der Waals surface area contributed by atoms with Gasteiger partial charge in [0.2, 0.25) is 0 Å². The van der Waals surface area contributed by atoms with Crippen molar-refractivity contribution in [1.29, 1.82) is 0 Å². The highest BCUT2D eigenvalue weighted by atomic mass is 32.2. The van der Waals surface area contributed by atoms with Crippen LogP contribution in [-0.2, 0) is 27.9 Å². The highest BCUT2D eigenvalue weighted by Crippen LogP contribution is 2.31. The first-order valence-electron chi connectivity index (χ1n) is 10.3. The monoisotopic (exact) mass is 454 g/mol. The lowest BCUT2D eigenvalue weighted by molar-refractivity contribution is -0.139. The molecule has 0 spiro atoms. The van der Waals surface area contributed by atoms with Crippen LogP contribution in [0.5, 0.6) is 5.75 Å². The molecule has 6 nitrogen and oxygen atoms in total. The highest BCUT2D eigenvalue weighted by Gasteiger charge is 2.30. The molecule has 1 N–H and O–H groups in total. The number of amides is 1. The Morgan fingerprint density at radius 1 is 1.06 bits per heavy atom. The maximum atomic E-state index is 14.2. The van der Waals surface area contributed by atoms with Crippen LogP contribution in [0.2, 0.25) is 0 Å². The number of anilines is 1. The molecule has 0 aromatic heterocycles. The summed E-state index contributed by atoms with van der Waals surface area (Å²) in [5.74, 6) is -0.120. The smallest absolute Gasteiger partial charge is 0.264 e. The summed E-state index contributed by atoms with van der Waals surface area (Å²) >= 11 is 0. The molecule has 1 heterocycles. The second-order valence-corrected chi connectivity index (χ2v) is 9.22. The van der Waals surface area contributed by atoms with Crippen molar-refractivity contribution >= 4 is 21.6 Å². The topological polar surface area (TPSA) is 75.7 Å². The summed E-state index contributed by atoms with van der Waals surface area (Å²) in [5, 5.41) is 0. The van der Waals surface area contributed by atoms with Gasteiger partial charge in [0, 0.05) is 29.9 Å². The molecular formula is C24H23FN2O4S. The number of nitrogens with zero attached hydrogens (tertiary/aromatic N) is 1. The van der Waals surface area contributed by atoms with Gasteiger partial charge in [-0.15, -0.1) is 0 Å². The fraction of sp³-hybridized carbons (Fsp3) is 0.208. The molecule has 0 bridgehead atoms. The molecular weight excluding hydrogens is 431 g/mol. The molecule has 0 fully saturated rings. The van der Waals surface area contributed by atoms with Crippen molar-refractivity contribution < 1.29 is 22.3 Å². The van der Waals surface area contributed by atoms with Crippen LogP contribution in [0.15, 0.2) is 77.7 Å². The van der Waals surface area contributed by atoms with Crippen LogP contribution in [0.4, 0.5) is 10.1 Å². The number of sulfonamides is 1. The largest absolute Gasteiger partial charge is 0.480 e. The van der Waals surface area contributed by atoms with Crippen molar-refractivity contribution in [3.05, 3.63) is 89.7 Å². The van der Waals surface area contributed by atoms with Gasteiger partial charge in [0.25, 0.3) is 15.9 Å². The summed E-state index contributed by atoms with van der Waals surface area (Å²) in [6.07, 6.45) is -0.246. The Morgan fingerprint density at radius 3 is 2.50 bits per heavy atom. The zero-order chi connectivity index (χ0) is 22.7. The van der Waals surface area contributed by atoms with Gasteiger partial charge in [-0.3, -0.25) is 9.52 Å². The van der Waals surface area contributed by atoms with E-state index in [0.717, 1.165) is 0 Å². The molecule has 1 aliphatic heterocycles. The summed E-state index contributed by atoms with van der Waals surface area (Å²) in [6.45, 7) is 2.10. The molecule has 1 atom stereocenters. The van der Waals surface area contributed by atoms with Crippen LogP contribution >= 0.6 is 0 Å². The fourth-order valence-corrected chi connectivity index (χ4v) is 4.68. The standard InChI is InChI=1S/C24H23FN2O4S/c1-2-22-24(28)27(15-17-8-6-7-11-21(17)25)16-18-14-19(12-13-23(18)31-22)26-32(29,30)20-9-4-3-5-10-20/h3-14,22,26H,2,15-16H2,1H3. The first-order valence-corrected chi connectivity index (χ1v) is 11.8. The Bertz CT molecular complexity index is 1230. The molecule has 0 saturated carbocycles. The predicted molar refractivity (Wildman–Crippen MR) is 119 cm³/mol. The summed E-state index contributed by atoms with van der Waals surface area (Å²) in [7, 11) is -3.76. The number of fused-ring (bicyclic) bond motifs is 1. The van der Waals surface area contributed by atoms with E-state index in [2.05, 4.69) is 4.72 Å². The minimum Gasteiger partial charge on any atom is -0.480 e. The lowest BCUT2D eigenvalue weighted by atomic mass is 10.1. The van der Waals surface area contributed by atoms with E-state index >= 15 is 0 Å². The summed E-state index contributed by atoms with van der Waals surface area (Å²) in [4.78, 5) is 14.7. The summed E-state index contributed by atoms with van der Waals surface area (Å²) < 4.78 is 48.1. The molecule has 1 aliphatic rings. The van der Waals surface area contributed by atoms with Gasteiger partial charge in [-0.1, -0.05) is 43.3 Å². The summed E-state index contributed by atoms with van der Waals surface area (Å²) in [5.41, 5.74) is 1.39. The van der Waals surface area contributed by atoms with Gasteiger partial charge in [0.05, 0.1) is 4.90 Å². The highest BCUT2D eigenvalue weighted by molar-refractivity contribution is 7.92. The van der Waals surface area contributed by atoms with Gasteiger partial charge < -0.3 is 9.64 Å². The minimum absolute atomic E-state index is 0.0881. The molecule has 0 aliphatic carbocycles. The average molecular weight is 455 g/mol. The van der Waals surface area contributed by atoms with Crippen LogP contribution in [0.3, 0.4) is 0 Å². The molecule has 8 heteroatoms. The SMILES string of the molecule is CCC1Oc2ccc(NS(=O)(=O)c3ccccc3)cc2CN(Cc2ccccc2F)C1=O. The number of hydrogen-bond donors (Lipinski definition) is 1. The van der Waals surface area contributed by atoms with E-state index in [-0.39, 0.29) is 29.7 Å². The number of carbonyl (C=O) groups is 1. The molecule has 0 radical (unpaired) electrons. The minimum atomic E-state index is -3.76. The van der Waals surface area contributed by atoms with Crippen LogP contribution < -0.4 is 9.46 Å². The number of ether oxygens (including phenoxy) is 1. The molecule has 1 amide bonds. The Kier molecular flexibility index (Phi) is 6.14. The van der Waals surface area contributed by atoms with Crippen LogP contribution in [0, 0.1) is 5.82 Å². The Morgan fingerprint density at radius 2 is 1.78 bits per heavy atom. The number of rotatable bonds is 6. The van der Waals surface area contributed by atoms with Crippen molar-refractivity contribution in [3.63, 3.8) is 0 Å². The Balaban J connectivity index is 1.64. The van der Waals surface area contributed by atoms with E-state index in [1.807, 2.05) is 6.92 Å². The number of nitrogens with one attached hydrogen (secondary N) is 1. The van der Waals surface area contributed by atoms with E-state index in [4.69, 9.17) is 4.74 Å². The molecule has 32 heavy (non-hydrogen) atoms. The van der Waals surface area contributed by atoms with Gasteiger partial charge in [-0.05, 0) is 42.8 Å². The lowest BCUT2D eigenvalue weighted by Gasteiger charge is -2.23. The molecule has 1 unspecified atom stereocenters. The zero-order valence-corrected chi connectivity index (χ0v) is 18.3. The van der Waals surface area contributed by atoms with E-state index in [0.29, 0.717) is 29.0 Å². The summed E-state index contributed by atoms with van der Waals surface area (Å²) in [6, 6.07) is 19.3. The van der Waals surface area contributed by atoms with Gasteiger partial charge in [-0.2, -0.15) is 0 Å². The van der Waals surface area contributed by atoms with E-state index in [1.54, 1.807) is 54.6 Å². The first-order chi connectivity index (χ1) is 15.4.